The molecule has 10 nitrogen and oxygen atoms in total. The molecular weight excluding hydrogens is 456 g/mol. The number of amidine groups is 1. The first-order valence-corrected chi connectivity index (χ1v) is 12.3. The number of ether oxygens (including phenoxy) is 1. The highest BCUT2D eigenvalue weighted by Gasteiger charge is 2.52. The minimum absolute atomic E-state index is 0.0578. The van der Waals surface area contributed by atoms with E-state index >= 15 is 0 Å². The molecule has 0 aliphatic carbocycles. The number of aromatic nitrogens is 2. The lowest BCUT2D eigenvalue weighted by atomic mass is 9.85. The second-order valence-corrected chi connectivity index (χ2v) is 11.5. The lowest BCUT2D eigenvalue weighted by Gasteiger charge is -2.42. The van der Waals surface area contributed by atoms with Crippen molar-refractivity contribution < 1.29 is 17.9 Å². The van der Waals surface area contributed by atoms with Crippen LogP contribution in [0, 0.1) is 11.3 Å². The van der Waals surface area contributed by atoms with E-state index in [0.717, 1.165) is 0 Å². The van der Waals surface area contributed by atoms with Gasteiger partial charge >= 0.3 is 0 Å². The molecule has 4 heterocycles. The van der Waals surface area contributed by atoms with Crippen LogP contribution in [0.3, 0.4) is 0 Å². The van der Waals surface area contributed by atoms with E-state index in [1.165, 1.54) is 6.20 Å². The fourth-order valence-electron chi connectivity index (χ4n) is 4.24. The molecule has 0 bridgehead atoms. The van der Waals surface area contributed by atoms with Crippen LogP contribution in [0.2, 0.25) is 0 Å². The van der Waals surface area contributed by atoms with Crippen molar-refractivity contribution in [3.05, 3.63) is 59.5 Å². The Balaban J connectivity index is 1.50. The van der Waals surface area contributed by atoms with Crippen molar-refractivity contribution in [2.45, 2.75) is 30.6 Å². The number of amides is 1. The fraction of sp³-hybridized carbons (Fsp3) is 0.304. The van der Waals surface area contributed by atoms with Gasteiger partial charge in [0.1, 0.15) is 39.3 Å². The Kier molecular flexibility index (Phi) is 4.70. The largest absolute Gasteiger partial charge is 0.493 e. The molecule has 1 spiro atoms. The zero-order valence-corrected chi connectivity index (χ0v) is 19.4. The highest BCUT2D eigenvalue weighted by molar-refractivity contribution is 7.93. The summed E-state index contributed by atoms with van der Waals surface area (Å²) in [5.41, 5.74) is 7.20. The molecule has 2 aliphatic rings. The Hall–Kier alpha value is -3.91. The van der Waals surface area contributed by atoms with Crippen LogP contribution in [-0.2, 0) is 15.4 Å². The number of carbonyl (C=O) groups is 1. The van der Waals surface area contributed by atoms with E-state index < -0.39 is 26.0 Å². The number of nitrogens with two attached hydrogens (primary N) is 1. The van der Waals surface area contributed by atoms with Crippen molar-refractivity contribution in [3.8, 4) is 11.8 Å². The number of nitriles is 1. The monoisotopic (exact) mass is 478 g/mol. The molecule has 0 saturated heterocycles. The molecule has 0 radical (unpaired) electrons. The SMILES string of the molecule is CC1(C)C(N)=NC2(CCOc3ccc(NC(=O)c4cn5cc(C#N)ccc5n4)cc32)CS1(=O)=O. The first-order chi connectivity index (χ1) is 16.0. The van der Waals surface area contributed by atoms with Gasteiger partial charge in [-0.05, 0) is 44.2 Å². The lowest BCUT2D eigenvalue weighted by Crippen LogP contribution is -2.56. The third-order valence-electron chi connectivity index (χ3n) is 6.48. The molecule has 1 aromatic carbocycles. The minimum Gasteiger partial charge on any atom is -0.493 e. The van der Waals surface area contributed by atoms with Crippen LogP contribution in [0.15, 0.2) is 47.7 Å². The second kappa shape index (κ2) is 7.30. The number of imidazole rings is 1. The summed E-state index contributed by atoms with van der Waals surface area (Å²) in [7, 11) is -3.59. The molecule has 3 N–H and O–H groups in total. The molecule has 0 fully saturated rings. The molecule has 5 rings (SSSR count). The number of pyridine rings is 1. The van der Waals surface area contributed by atoms with Gasteiger partial charge in [0.2, 0.25) is 0 Å². The van der Waals surface area contributed by atoms with E-state index in [2.05, 4.69) is 15.3 Å². The van der Waals surface area contributed by atoms with E-state index in [9.17, 15) is 13.2 Å². The Labute approximate surface area is 196 Å². The maximum atomic E-state index is 13.1. The van der Waals surface area contributed by atoms with Crippen LogP contribution in [0.4, 0.5) is 5.69 Å². The summed E-state index contributed by atoms with van der Waals surface area (Å²) in [5.74, 6) is -0.0851. The summed E-state index contributed by atoms with van der Waals surface area (Å²) in [6.07, 6.45) is 3.48. The minimum atomic E-state index is -3.59. The van der Waals surface area contributed by atoms with Gasteiger partial charge < -0.3 is 20.2 Å². The number of hydrogen-bond acceptors (Lipinski definition) is 8. The Morgan fingerprint density at radius 3 is 2.79 bits per heavy atom. The first-order valence-electron chi connectivity index (χ1n) is 10.6. The van der Waals surface area contributed by atoms with Crippen molar-refractivity contribution in [2.75, 3.05) is 17.7 Å². The summed E-state index contributed by atoms with van der Waals surface area (Å²) in [4.78, 5) is 21.9. The highest BCUT2D eigenvalue weighted by Crippen LogP contribution is 2.46. The molecule has 2 aromatic heterocycles. The predicted octanol–water partition coefficient (Wildman–Crippen LogP) is 2.00. The maximum Gasteiger partial charge on any atom is 0.275 e. The molecular formula is C23H22N6O4S. The van der Waals surface area contributed by atoms with Crippen LogP contribution in [0.5, 0.6) is 5.75 Å². The quantitative estimate of drug-likeness (QED) is 0.571. The molecule has 3 aromatic rings. The molecule has 2 aliphatic heterocycles. The summed E-state index contributed by atoms with van der Waals surface area (Å²) in [5, 5.41) is 11.9. The van der Waals surface area contributed by atoms with Gasteiger partial charge in [-0.25, -0.2) is 13.4 Å². The Bertz CT molecular complexity index is 1530. The van der Waals surface area contributed by atoms with Gasteiger partial charge in [-0.15, -0.1) is 0 Å². The normalized spacial score (nSPS) is 22.3. The molecule has 1 unspecified atom stereocenters. The maximum absolute atomic E-state index is 13.1. The molecule has 11 heteroatoms. The smallest absolute Gasteiger partial charge is 0.275 e. The lowest BCUT2D eigenvalue weighted by molar-refractivity contribution is 0.102. The summed E-state index contributed by atoms with van der Waals surface area (Å²) in [6, 6.07) is 10.4. The molecule has 1 atom stereocenters. The van der Waals surface area contributed by atoms with Gasteiger partial charge in [0, 0.05) is 30.1 Å². The van der Waals surface area contributed by atoms with Crippen LogP contribution in [0.1, 0.15) is 41.9 Å². The fourth-order valence-corrected chi connectivity index (χ4v) is 5.96. The standard InChI is InChI=1S/C23H22N6O4S/c1-22(2)21(25)28-23(13-34(22,31)32)7-8-33-18-5-4-15(9-16(18)23)26-20(30)17-12-29-11-14(10-24)3-6-19(29)27-17/h3-6,9,11-12H,7-8,13H2,1-2H3,(H2,25,28)(H,26,30). The van der Waals surface area contributed by atoms with Crippen LogP contribution < -0.4 is 15.8 Å². The average Bonchev–Trinajstić information content (AvgIpc) is 3.22. The molecule has 34 heavy (non-hydrogen) atoms. The second-order valence-electron chi connectivity index (χ2n) is 8.98. The van der Waals surface area contributed by atoms with Gasteiger partial charge in [0.15, 0.2) is 9.84 Å². The van der Waals surface area contributed by atoms with Gasteiger partial charge in [-0.3, -0.25) is 9.79 Å². The van der Waals surface area contributed by atoms with Gasteiger partial charge in [-0.1, -0.05) is 0 Å². The van der Waals surface area contributed by atoms with Gasteiger partial charge in [-0.2, -0.15) is 5.26 Å². The van der Waals surface area contributed by atoms with E-state index in [1.54, 1.807) is 54.8 Å². The number of carbonyl (C=O) groups excluding carboxylic acids is 1. The van der Waals surface area contributed by atoms with E-state index in [1.807, 2.05) is 6.07 Å². The first kappa shape index (κ1) is 21.9. The summed E-state index contributed by atoms with van der Waals surface area (Å²) in [6.45, 7) is 3.41. The number of nitrogens with one attached hydrogen (secondary N) is 1. The predicted molar refractivity (Wildman–Crippen MR) is 126 cm³/mol. The zero-order chi connectivity index (χ0) is 24.3. The molecule has 1 amide bonds. The zero-order valence-electron chi connectivity index (χ0n) is 18.6. The number of hydrogen-bond donors (Lipinski definition) is 2. The van der Waals surface area contributed by atoms with Crippen molar-refractivity contribution >= 4 is 32.9 Å². The third kappa shape index (κ3) is 3.30. The number of fused-ring (bicyclic) bond motifs is 3. The summed E-state index contributed by atoms with van der Waals surface area (Å²) < 4.78 is 32.3. The third-order valence-corrected chi connectivity index (χ3v) is 9.10. The van der Waals surface area contributed by atoms with Crippen LogP contribution in [-0.4, -0.2) is 46.7 Å². The number of anilines is 1. The van der Waals surface area contributed by atoms with Crippen molar-refractivity contribution in [1.29, 1.82) is 5.26 Å². The van der Waals surface area contributed by atoms with Crippen molar-refractivity contribution in [1.82, 2.24) is 9.38 Å². The number of nitrogens with zero attached hydrogens (tertiary/aromatic N) is 4. The molecule has 174 valence electrons. The van der Waals surface area contributed by atoms with E-state index in [4.69, 9.17) is 15.7 Å². The topological polar surface area (TPSA) is 152 Å². The van der Waals surface area contributed by atoms with E-state index in [-0.39, 0.29) is 17.3 Å². The number of rotatable bonds is 2. The Morgan fingerprint density at radius 1 is 1.26 bits per heavy atom. The van der Waals surface area contributed by atoms with Crippen molar-refractivity contribution in [3.63, 3.8) is 0 Å². The Morgan fingerprint density at radius 2 is 2.06 bits per heavy atom. The van der Waals surface area contributed by atoms with Gasteiger partial charge in [0.05, 0.1) is 17.9 Å². The highest BCUT2D eigenvalue weighted by atomic mass is 32.2. The van der Waals surface area contributed by atoms with Crippen molar-refractivity contribution in [2.24, 2.45) is 10.7 Å². The number of benzene rings is 1. The summed E-state index contributed by atoms with van der Waals surface area (Å²) >= 11 is 0. The van der Waals surface area contributed by atoms with Crippen LogP contribution in [0.25, 0.3) is 5.65 Å². The van der Waals surface area contributed by atoms with Gasteiger partial charge in [0.25, 0.3) is 5.91 Å². The average molecular weight is 479 g/mol. The molecule has 0 saturated carbocycles. The number of aliphatic imine (C=N–C) groups is 1. The number of sulfone groups is 1. The van der Waals surface area contributed by atoms with Crippen LogP contribution >= 0.6 is 0 Å². The van der Waals surface area contributed by atoms with E-state index in [0.29, 0.717) is 41.2 Å².